The number of halogens is 1. The van der Waals surface area contributed by atoms with Gasteiger partial charge in [-0.25, -0.2) is 0 Å². The Morgan fingerprint density at radius 2 is 1.33 bits per heavy atom. The summed E-state index contributed by atoms with van der Waals surface area (Å²) in [6, 6.07) is 20.3. The molecule has 0 saturated heterocycles. The zero-order chi connectivity index (χ0) is 12.8. The van der Waals surface area contributed by atoms with Crippen LogP contribution in [-0.4, -0.2) is 14.2 Å². The third-order valence-corrected chi connectivity index (χ3v) is 7.19. The van der Waals surface area contributed by atoms with Gasteiger partial charge in [0.1, 0.15) is 0 Å². The van der Waals surface area contributed by atoms with Crippen LogP contribution in [0.15, 0.2) is 60.7 Å². The molecule has 18 heavy (non-hydrogen) atoms. The molecule has 0 radical (unpaired) electrons. The van der Waals surface area contributed by atoms with Gasteiger partial charge in [0.15, 0.2) is 0 Å². The standard InChI is InChI=1S/C15H17ClOSi/c1-2-13-17-18(16,14-9-5-3-6-10-14)15-11-7-4-8-12-15/h3-12H,2,13H2,1H3. The Labute approximate surface area is 114 Å². The fourth-order valence-electron chi connectivity index (χ4n) is 1.88. The number of benzene rings is 2. The van der Waals surface area contributed by atoms with Crippen molar-refractivity contribution in [3.05, 3.63) is 60.7 Å². The predicted octanol–water partition coefficient (Wildman–Crippen LogP) is 2.91. The summed E-state index contributed by atoms with van der Waals surface area (Å²) in [5.41, 5.74) is 0. The van der Waals surface area contributed by atoms with Crippen molar-refractivity contribution in [1.29, 1.82) is 0 Å². The summed E-state index contributed by atoms with van der Waals surface area (Å²) in [5.74, 6) is 0. The summed E-state index contributed by atoms with van der Waals surface area (Å²) in [7, 11) is -2.55. The summed E-state index contributed by atoms with van der Waals surface area (Å²) in [5, 5.41) is 2.21. The van der Waals surface area contributed by atoms with Crippen LogP contribution in [0.4, 0.5) is 0 Å². The van der Waals surface area contributed by atoms with Gasteiger partial charge in [-0.05, 0) is 16.8 Å². The minimum absolute atomic E-state index is 0.694. The molecule has 2 aromatic carbocycles. The summed E-state index contributed by atoms with van der Waals surface area (Å²) in [4.78, 5) is 0. The maximum absolute atomic E-state index is 6.89. The SMILES string of the molecule is CCCO[Si](Cl)(c1ccccc1)c1ccccc1. The highest BCUT2D eigenvalue weighted by Crippen LogP contribution is 2.12. The monoisotopic (exact) mass is 276 g/mol. The maximum atomic E-state index is 6.89. The molecule has 0 saturated carbocycles. The predicted molar refractivity (Wildman–Crippen MR) is 80.0 cm³/mol. The third kappa shape index (κ3) is 2.83. The Morgan fingerprint density at radius 3 is 1.72 bits per heavy atom. The molecule has 0 heterocycles. The Bertz CT molecular complexity index is 433. The maximum Gasteiger partial charge on any atom is 0.355 e. The van der Waals surface area contributed by atoms with E-state index in [4.69, 9.17) is 15.5 Å². The molecule has 0 atom stereocenters. The molecule has 0 spiro atoms. The minimum Gasteiger partial charge on any atom is -0.397 e. The van der Waals surface area contributed by atoms with E-state index in [0.29, 0.717) is 6.61 Å². The van der Waals surface area contributed by atoms with Crippen LogP contribution in [0, 0.1) is 0 Å². The fraction of sp³-hybridized carbons (Fsp3) is 0.200. The lowest BCUT2D eigenvalue weighted by Crippen LogP contribution is -2.56. The highest BCUT2D eigenvalue weighted by Gasteiger charge is 2.37. The summed E-state index contributed by atoms with van der Waals surface area (Å²) in [6.45, 7) is 2.79. The van der Waals surface area contributed by atoms with Crippen LogP contribution in [0.5, 0.6) is 0 Å². The molecule has 1 nitrogen and oxygen atoms in total. The highest BCUT2D eigenvalue weighted by molar-refractivity contribution is 7.30. The second-order valence-electron chi connectivity index (χ2n) is 4.18. The summed E-state index contributed by atoms with van der Waals surface area (Å²) in [6.07, 6.45) is 0.973. The van der Waals surface area contributed by atoms with Gasteiger partial charge in [-0.3, -0.25) is 0 Å². The van der Waals surface area contributed by atoms with Crippen molar-refractivity contribution in [3.63, 3.8) is 0 Å². The summed E-state index contributed by atoms with van der Waals surface area (Å²) >= 11 is 6.89. The van der Waals surface area contributed by atoms with Crippen molar-refractivity contribution in [1.82, 2.24) is 0 Å². The normalized spacial score (nSPS) is 11.4. The van der Waals surface area contributed by atoms with E-state index in [-0.39, 0.29) is 0 Å². The van der Waals surface area contributed by atoms with E-state index in [1.807, 2.05) is 36.4 Å². The van der Waals surface area contributed by atoms with E-state index < -0.39 is 7.63 Å². The molecule has 0 bridgehead atoms. The fourth-order valence-corrected chi connectivity index (χ4v) is 5.26. The Hall–Kier alpha value is -1.09. The molecule has 0 fully saturated rings. The van der Waals surface area contributed by atoms with Gasteiger partial charge in [0.25, 0.3) is 0 Å². The van der Waals surface area contributed by atoms with Crippen molar-refractivity contribution in [2.75, 3.05) is 6.61 Å². The van der Waals surface area contributed by atoms with Gasteiger partial charge in [0, 0.05) is 6.61 Å². The molecule has 0 amide bonds. The number of rotatable bonds is 5. The third-order valence-electron chi connectivity index (χ3n) is 2.80. The lowest BCUT2D eigenvalue weighted by molar-refractivity contribution is 0.327. The van der Waals surface area contributed by atoms with Crippen LogP contribution in [0.3, 0.4) is 0 Å². The van der Waals surface area contributed by atoms with E-state index >= 15 is 0 Å². The smallest absolute Gasteiger partial charge is 0.355 e. The van der Waals surface area contributed by atoms with Crippen molar-refractivity contribution in [2.45, 2.75) is 13.3 Å². The molecule has 2 aromatic rings. The molecule has 0 aliphatic carbocycles. The molecule has 0 unspecified atom stereocenters. The van der Waals surface area contributed by atoms with E-state index in [1.54, 1.807) is 0 Å². The lowest BCUT2D eigenvalue weighted by Gasteiger charge is -2.25. The van der Waals surface area contributed by atoms with Gasteiger partial charge < -0.3 is 4.43 Å². The molecule has 0 aliphatic rings. The molecule has 94 valence electrons. The van der Waals surface area contributed by atoms with Crippen LogP contribution in [0.2, 0.25) is 0 Å². The molecular formula is C15H17ClOSi. The first-order chi connectivity index (χ1) is 8.77. The molecular weight excluding hydrogens is 260 g/mol. The van der Waals surface area contributed by atoms with Crippen LogP contribution in [-0.2, 0) is 4.43 Å². The van der Waals surface area contributed by atoms with Crippen LogP contribution in [0.25, 0.3) is 0 Å². The van der Waals surface area contributed by atoms with Crippen molar-refractivity contribution in [3.8, 4) is 0 Å². The molecule has 0 aliphatic heterocycles. The van der Waals surface area contributed by atoms with Gasteiger partial charge >= 0.3 is 7.63 Å². The first kappa shape index (κ1) is 13.3. The average Bonchev–Trinajstić information content (AvgIpc) is 2.46. The van der Waals surface area contributed by atoms with Gasteiger partial charge in [0.05, 0.1) is 0 Å². The second-order valence-corrected chi connectivity index (χ2v) is 8.41. The molecule has 0 aromatic heterocycles. The average molecular weight is 277 g/mol. The topological polar surface area (TPSA) is 9.23 Å². The van der Waals surface area contributed by atoms with Crippen molar-refractivity contribution >= 4 is 29.1 Å². The van der Waals surface area contributed by atoms with Crippen LogP contribution < -0.4 is 10.4 Å². The minimum atomic E-state index is -2.55. The second kappa shape index (κ2) is 6.18. The van der Waals surface area contributed by atoms with E-state index in [0.717, 1.165) is 16.8 Å². The number of hydrogen-bond donors (Lipinski definition) is 0. The zero-order valence-electron chi connectivity index (χ0n) is 10.5. The molecule has 0 N–H and O–H groups in total. The van der Waals surface area contributed by atoms with Crippen molar-refractivity contribution in [2.24, 2.45) is 0 Å². The van der Waals surface area contributed by atoms with Crippen LogP contribution in [0.1, 0.15) is 13.3 Å². The quantitative estimate of drug-likeness (QED) is 0.603. The summed E-state index contributed by atoms with van der Waals surface area (Å²) < 4.78 is 6.06. The lowest BCUT2D eigenvalue weighted by atomic mass is 10.4. The first-order valence-corrected chi connectivity index (χ1v) is 9.13. The Morgan fingerprint density at radius 1 is 0.889 bits per heavy atom. The largest absolute Gasteiger partial charge is 0.397 e. The van der Waals surface area contributed by atoms with Gasteiger partial charge in [-0.15, -0.1) is 11.1 Å². The first-order valence-electron chi connectivity index (χ1n) is 6.21. The zero-order valence-corrected chi connectivity index (χ0v) is 12.2. The van der Waals surface area contributed by atoms with E-state index in [2.05, 4.69) is 31.2 Å². The van der Waals surface area contributed by atoms with Gasteiger partial charge in [-0.1, -0.05) is 67.6 Å². The molecule has 3 heteroatoms. The Balaban J connectivity index is 2.41. The highest BCUT2D eigenvalue weighted by atomic mass is 35.6. The number of hydrogen-bond acceptors (Lipinski definition) is 1. The van der Waals surface area contributed by atoms with Crippen molar-refractivity contribution < 1.29 is 4.43 Å². The van der Waals surface area contributed by atoms with Gasteiger partial charge in [-0.2, -0.15) is 0 Å². The van der Waals surface area contributed by atoms with Crippen LogP contribution >= 0.6 is 11.1 Å². The van der Waals surface area contributed by atoms with Gasteiger partial charge in [0.2, 0.25) is 0 Å². The van der Waals surface area contributed by atoms with E-state index in [9.17, 15) is 0 Å². The Kier molecular flexibility index (Phi) is 4.58. The van der Waals surface area contributed by atoms with E-state index in [1.165, 1.54) is 0 Å². The molecule has 2 rings (SSSR count).